The zero-order chi connectivity index (χ0) is 17.5. The number of nitrogens with zero attached hydrogens (tertiary/aromatic N) is 1. The number of carbonyl (C=O) groups is 1. The van der Waals surface area contributed by atoms with Gasteiger partial charge in [0.2, 0.25) is 5.91 Å². The first-order valence-corrected chi connectivity index (χ1v) is 10.6. The number of thioether (sulfide) groups is 1. The Hall–Kier alpha value is -1.34. The van der Waals surface area contributed by atoms with E-state index in [0.717, 1.165) is 43.1 Å². The lowest BCUT2D eigenvalue weighted by molar-refractivity contribution is -0.117. The Bertz CT molecular complexity index is 670. The van der Waals surface area contributed by atoms with Gasteiger partial charge in [-0.05, 0) is 42.7 Å². The third-order valence-corrected chi connectivity index (χ3v) is 5.85. The van der Waals surface area contributed by atoms with Gasteiger partial charge in [0, 0.05) is 29.5 Å². The molecule has 1 aromatic heterocycles. The molecule has 2 heterocycles. The molecule has 1 amide bonds. The fraction of sp³-hybridized carbons (Fsp3) is 0.421. The van der Waals surface area contributed by atoms with Gasteiger partial charge < -0.3 is 10.1 Å². The molecule has 0 saturated carbocycles. The van der Waals surface area contributed by atoms with Crippen LogP contribution in [0.15, 0.2) is 46.7 Å². The summed E-state index contributed by atoms with van der Waals surface area (Å²) in [5, 5.41) is 5.14. The van der Waals surface area contributed by atoms with Crippen molar-refractivity contribution in [1.82, 2.24) is 4.90 Å². The van der Waals surface area contributed by atoms with E-state index >= 15 is 0 Å². The molecule has 1 aliphatic rings. The highest BCUT2D eigenvalue weighted by Crippen LogP contribution is 2.24. The zero-order valence-corrected chi connectivity index (χ0v) is 16.1. The van der Waals surface area contributed by atoms with E-state index in [1.165, 1.54) is 4.88 Å². The van der Waals surface area contributed by atoms with Crippen molar-refractivity contribution in [2.45, 2.75) is 30.4 Å². The monoisotopic (exact) mass is 376 g/mol. The molecule has 1 aromatic carbocycles. The van der Waals surface area contributed by atoms with Crippen LogP contribution in [-0.4, -0.2) is 42.9 Å². The van der Waals surface area contributed by atoms with Crippen LogP contribution in [0.1, 0.15) is 17.7 Å². The van der Waals surface area contributed by atoms with Crippen molar-refractivity contribution in [2.75, 3.05) is 31.3 Å². The Labute approximate surface area is 157 Å². The molecule has 4 nitrogen and oxygen atoms in total. The molecule has 1 N–H and O–H groups in total. The standard InChI is InChI=1S/C19H24N2O2S2/c1-24-18-9-3-2-8-17(18)20-19(22)14-21(12-15-6-4-10-23-15)13-16-7-5-11-25-16/h2-3,5,7-9,11,15H,4,6,10,12-14H2,1H3,(H,20,22)/t15-/m0/s1. The molecule has 6 heteroatoms. The van der Waals surface area contributed by atoms with E-state index in [-0.39, 0.29) is 12.0 Å². The Morgan fingerprint density at radius 2 is 2.24 bits per heavy atom. The quantitative estimate of drug-likeness (QED) is 0.705. The number of hydrogen-bond acceptors (Lipinski definition) is 5. The van der Waals surface area contributed by atoms with Gasteiger partial charge in [-0.15, -0.1) is 23.1 Å². The Kier molecular flexibility index (Phi) is 6.93. The topological polar surface area (TPSA) is 41.6 Å². The average Bonchev–Trinajstić information content (AvgIpc) is 3.29. The van der Waals surface area contributed by atoms with Crippen molar-refractivity contribution >= 4 is 34.7 Å². The lowest BCUT2D eigenvalue weighted by Gasteiger charge is -2.24. The van der Waals surface area contributed by atoms with E-state index in [2.05, 4.69) is 27.7 Å². The molecule has 1 fully saturated rings. The van der Waals surface area contributed by atoms with Gasteiger partial charge in [0.25, 0.3) is 0 Å². The van der Waals surface area contributed by atoms with Crippen LogP contribution in [0.3, 0.4) is 0 Å². The summed E-state index contributed by atoms with van der Waals surface area (Å²) in [6.45, 7) is 2.80. The first kappa shape index (κ1) is 18.5. The predicted molar refractivity (Wildman–Crippen MR) is 105 cm³/mol. The van der Waals surface area contributed by atoms with Gasteiger partial charge in [0.15, 0.2) is 0 Å². The van der Waals surface area contributed by atoms with Crippen molar-refractivity contribution in [3.63, 3.8) is 0 Å². The molecule has 0 radical (unpaired) electrons. The van der Waals surface area contributed by atoms with Crippen LogP contribution in [-0.2, 0) is 16.1 Å². The second kappa shape index (κ2) is 9.38. The van der Waals surface area contributed by atoms with Crippen molar-refractivity contribution in [3.05, 3.63) is 46.7 Å². The van der Waals surface area contributed by atoms with Crippen molar-refractivity contribution in [2.24, 2.45) is 0 Å². The smallest absolute Gasteiger partial charge is 0.238 e. The molecule has 1 saturated heterocycles. The molecule has 2 aromatic rings. The maximum absolute atomic E-state index is 12.6. The second-order valence-electron chi connectivity index (χ2n) is 6.13. The lowest BCUT2D eigenvalue weighted by Crippen LogP contribution is -2.37. The van der Waals surface area contributed by atoms with Crippen LogP contribution < -0.4 is 5.32 Å². The van der Waals surface area contributed by atoms with Crippen LogP contribution in [0, 0.1) is 0 Å². The van der Waals surface area contributed by atoms with Gasteiger partial charge in [0.1, 0.15) is 0 Å². The van der Waals surface area contributed by atoms with Crippen molar-refractivity contribution in [1.29, 1.82) is 0 Å². The molecule has 0 spiro atoms. The number of anilines is 1. The van der Waals surface area contributed by atoms with Crippen LogP contribution in [0.4, 0.5) is 5.69 Å². The maximum Gasteiger partial charge on any atom is 0.238 e. The lowest BCUT2D eigenvalue weighted by atomic mass is 10.2. The SMILES string of the molecule is CSc1ccccc1NC(=O)CN(Cc1cccs1)C[C@@H]1CCCO1. The van der Waals surface area contributed by atoms with Gasteiger partial charge in [-0.25, -0.2) is 0 Å². The predicted octanol–water partition coefficient (Wildman–Crippen LogP) is 4.09. The first-order valence-electron chi connectivity index (χ1n) is 8.54. The van der Waals surface area contributed by atoms with Crippen LogP contribution in [0.2, 0.25) is 0 Å². The summed E-state index contributed by atoms with van der Waals surface area (Å²) in [5.41, 5.74) is 0.883. The minimum absolute atomic E-state index is 0.0241. The van der Waals surface area contributed by atoms with E-state index < -0.39 is 0 Å². The minimum atomic E-state index is 0.0241. The highest BCUT2D eigenvalue weighted by molar-refractivity contribution is 7.98. The number of para-hydroxylation sites is 1. The summed E-state index contributed by atoms with van der Waals surface area (Å²) in [6.07, 6.45) is 4.46. The number of carbonyl (C=O) groups excluding carboxylic acids is 1. The van der Waals surface area contributed by atoms with E-state index in [1.807, 2.05) is 30.5 Å². The molecular formula is C19H24N2O2S2. The van der Waals surface area contributed by atoms with Gasteiger partial charge in [-0.2, -0.15) is 0 Å². The van der Waals surface area contributed by atoms with E-state index in [0.29, 0.717) is 6.54 Å². The average molecular weight is 377 g/mol. The normalized spacial score (nSPS) is 17.1. The van der Waals surface area contributed by atoms with E-state index in [9.17, 15) is 4.79 Å². The number of amides is 1. The third kappa shape index (κ3) is 5.57. The number of rotatable bonds is 8. The van der Waals surface area contributed by atoms with Gasteiger partial charge >= 0.3 is 0 Å². The van der Waals surface area contributed by atoms with Crippen LogP contribution >= 0.6 is 23.1 Å². The largest absolute Gasteiger partial charge is 0.377 e. The van der Waals surface area contributed by atoms with Crippen LogP contribution in [0.25, 0.3) is 0 Å². The Morgan fingerprint density at radius 1 is 1.36 bits per heavy atom. The van der Waals surface area contributed by atoms with Crippen molar-refractivity contribution < 1.29 is 9.53 Å². The highest BCUT2D eigenvalue weighted by Gasteiger charge is 2.21. The first-order chi connectivity index (χ1) is 12.2. The number of benzene rings is 1. The summed E-state index contributed by atoms with van der Waals surface area (Å²) in [7, 11) is 0. The number of nitrogens with one attached hydrogen (secondary N) is 1. The van der Waals surface area contributed by atoms with Crippen molar-refractivity contribution in [3.8, 4) is 0 Å². The Balaban J connectivity index is 1.62. The van der Waals surface area contributed by atoms with Gasteiger partial charge in [-0.1, -0.05) is 18.2 Å². The second-order valence-corrected chi connectivity index (χ2v) is 8.01. The number of ether oxygens (including phenoxy) is 1. The van der Waals surface area contributed by atoms with Crippen LogP contribution in [0.5, 0.6) is 0 Å². The third-order valence-electron chi connectivity index (χ3n) is 4.19. The molecule has 25 heavy (non-hydrogen) atoms. The highest BCUT2D eigenvalue weighted by atomic mass is 32.2. The summed E-state index contributed by atoms with van der Waals surface area (Å²) in [4.78, 5) is 17.1. The maximum atomic E-state index is 12.6. The summed E-state index contributed by atoms with van der Waals surface area (Å²) in [5.74, 6) is 0.0241. The fourth-order valence-corrected chi connectivity index (χ4v) is 4.32. The molecule has 0 unspecified atom stereocenters. The number of hydrogen-bond donors (Lipinski definition) is 1. The Morgan fingerprint density at radius 3 is 2.96 bits per heavy atom. The molecule has 1 atom stereocenters. The molecule has 134 valence electrons. The number of thiophene rings is 1. The minimum Gasteiger partial charge on any atom is -0.377 e. The summed E-state index contributed by atoms with van der Waals surface area (Å²) < 4.78 is 5.77. The summed E-state index contributed by atoms with van der Waals surface area (Å²) in [6, 6.07) is 12.1. The molecule has 1 aliphatic heterocycles. The zero-order valence-electron chi connectivity index (χ0n) is 14.4. The van der Waals surface area contributed by atoms with Gasteiger partial charge in [0.05, 0.1) is 18.3 Å². The molecule has 0 bridgehead atoms. The summed E-state index contributed by atoms with van der Waals surface area (Å²) >= 11 is 3.37. The fourth-order valence-electron chi connectivity index (χ4n) is 3.02. The van der Waals surface area contributed by atoms with E-state index in [1.54, 1.807) is 23.1 Å². The molecule has 3 rings (SSSR count). The van der Waals surface area contributed by atoms with Gasteiger partial charge in [-0.3, -0.25) is 9.69 Å². The molecular weight excluding hydrogens is 352 g/mol. The molecule has 0 aliphatic carbocycles. The van der Waals surface area contributed by atoms with E-state index in [4.69, 9.17) is 4.74 Å².